The molecule has 0 saturated heterocycles. The van der Waals surface area contributed by atoms with Gasteiger partial charge in [0, 0.05) is 0 Å². The Morgan fingerprint density at radius 2 is 1.25 bits per heavy atom. The monoisotopic (exact) mass is 458 g/mol. The summed E-state index contributed by atoms with van der Waals surface area (Å²) in [6.07, 6.45) is 2.73. The van der Waals surface area contributed by atoms with Gasteiger partial charge in [0.15, 0.2) is 0 Å². The zero-order chi connectivity index (χ0) is 10.5. The molecule has 74 valence electrons. The summed E-state index contributed by atoms with van der Waals surface area (Å²) in [7, 11) is 24.9. The third kappa shape index (κ3) is 74.6. The number of halogens is 6. The van der Waals surface area contributed by atoms with E-state index in [4.69, 9.17) is 56.5 Å². The first-order chi connectivity index (χ1) is 4.86. The first-order valence-electron chi connectivity index (χ1n) is 3.34. The molecule has 0 saturated carbocycles. The van der Waals surface area contributed by atoms with Gasteiger partial charge in [-0.1, -0.05) is 0 Å². The maximum atomic E-state index is 5.07. The van der Waals surface area contributed by atoms with E-state index in [1.165, 1.54) is 17.9 Å². The summed E-state index contributed by atoms with van der Waals surface area (Å²) in [5.74, 6) is 0. The van der Waals surface area contributed by atoms with Gasteiger partial charge >= 0.3 is 106 Å². The molecule has 0 atom stereocenters. The summed E-state index contributed by atoms with van der Waals surface area (Å²) in [5, 5.41) is 1.34. The second-order valence-corrected chi connectivity index (χ2v) is 65.8. The molecule has 12 heavy (non-hydrogen) atoms. The summed E-state index contributed by atoms with van der Waals surface area (Å²) < 4.78 is 0. The molecule has 0 unspecified atom stereocenters. The number of unbranched alkanes of at least 4 members (excludes halogenated alkanes) is 1. The molecule has 0 fully saturated rings. The predicted molar refractivity (Wildman–Crippen MR) is 60.6 cm³/mol. The Kier molecular flexibility index (Phi) is 7.81. The SMILES string of the molecule is [Cl][W]([Cl])([Cl])([Cl])([Cl])[Cl].[Li][CH2]CCC. The molecule has 0 aromatic rings. The molecule has 0 nitrogen and oxygen atoms in total. The van der Waals surface area contributed by atoms with E-state index >= 15 is 0 Å². The van der Waals surface area contributed by atoms with Crippen molar-refractivity contribution in [3.05, 3.63) is 0 Å². The fourth-order valence-corrected chi connectivity index (χ4v) is 0.354. The molecule has 0 amide bonds. The zero-order valence-electron chi connectivity index (χ0n) is 6.80. The molecule has 0 radical (unpaired) electrons. The van der Waals surface area contributed by atoms with E-state index in [1.807, 2.05) is 0 Å². The molecule has 0 rings (SSSR count). The van der Waals surface area contributed by atoms with Gasteiger partial charge in [-0.25, -0.2) is 0 Å². The Bertz CT molecular complexity index is 109. The number of rotatable bonds is 2. The molecule has 8 heteroatoms. The summed E-state index contributed by atoms with van der Waals surface area (Å²) in [5.41, 5.74) is 0. The van der Waals surface area contributed by atoms with Gasteiger partial charge in [0.2, 0.25) is 0 Å². The summed E-state index contributed by atoms with van der Waals surface area (Å²) in [4.78, 5) is 0. The third-order valence-corrected chi connectivity index (χ3v) is 0.707. The first kappa shape index (κ1) is 17.4. The topological polar surface area (TPSA) is 0 Å². The van der Waals surface area contributed by atoms with Gasteiger partial charge in [-0.3, -0.25) is 0 Å². The van der Waals surface area contributed by atoms with Crippen LogP contribution in [0.25, 0.3) is 0 Å². The maximum absolute atomic E-state index is 5.47. The summed E-state index contributed by atoms with van der Waals surface area (Å²) in [6, 6.07) is 0. The Labute approximate surface area is 105 Å². The number of hydrogen-bond donors (Lipinski definition) is 0. The van der Waals surface area contributed by atoms with Crippen molar-refractivity contribution in [1.29, 1.82) is 0 Å². The number of hydrogen-bond acceptors (Lipinski definition) is 0. The normalized spacial score (nSPS) is 17.1. The van der Waals surface area contributed by atoms with E-state index in [1.54, 1.807) is 0 Å². The standard InChI is InChI=1S/C4H9.6ClH.Li.W/c1-3-4-2;;;;;;;;/h1,3-4H2,2H3;6*1H;;/q;;;;;;;;+6/p-6. The van der Waals surface area contributed by atoms with Crippen LogP contribution < -0.4 is 0 Å². The molecule has 0 bridgehead atoms. The Morgan fingerprint density at radius 1 is 1.00 bits per heavy atom. The van der Waals surface area contributed by atoms with Gasteiger partial charge < -0.3 is 0 Å². The van der Waals surface area contributed by atoms with Crippen LogP contribution >= 0.6 is 56.5 Å². The average molecular weight is 461 g/mol. The van der Waals surface area contributed by atoms with Crippen LogP contribution in [0.15, 0.2) is 0 Å². The fraction of sp³-hybridized carbons (Fsp3) is 1.00. The van der Waals surface area contributed by atoms with Gasteiger partial charge in [0.05, 0.1) is 0 Å². The van der Waals surface area contributed by atoms with Gasteiger partial charge in [0.25, 0.3) is 0 Å². The molecular formula is C4H9Cl6LiW. The molecule has 0 heterocycles. The van der Waals surface area contributed by atoms with Crippen LogP contribution in [0.4, 0.5) is 0 Å². The van der Waals surface area contributed by atoms with Gasteiger partial charge in [0.1, 0.15) is 0 Å². The Morgan fingerprint density at radius 3 is 1.25 bits per heavy atom. The van der Waals surface area contributed by atoms with Crippen LogP contribution in [0.2, 0.25) is 5.09 Å². The molecule has 0 N–H and O–H groups in total. The van der Waals surface area contributed by atoms with Crippen LogP contribution in [0.1, 0.15) is 19.8 Å². The zero-order valence-corrected chi connectivity index (χ0v) is 14.3. The summed E-state index contributed by atoms with van der Waals surface area (Å²) in [6.45, 7) is 2.21. The average Bonchev–Trinajstić information content (AvgIpc) is 1.58. The van der Waals surface area contributed by atoms with Crippen LogP contribution in [-0.2, 0) is 7.31 Å². The van der Waals surface area contributed by atoms with Crippen LogP contribution in [0, 0.1) is 0 Å². The molecule has 0 aliphatic rings. The van der Waals surface area contributed by atoms with Crippen molar-refractivity contribution in [1.82, 2.24) is 0 Å². The first-order valence-corrected chi connectivity index (χ1v) is 25.1. The van der Waals surface area contributed by atoms with E-state index in [0.29, 0.717) is 0 Å². The molecular weight excluding hydrogens is 452 g/mol. The summed E-state index contributed by atoms with van der Waals surface area (Å²) >= 11 is 2.21. The van der Waals surface area contributed by atoms with Crippen molar-refractivity contribution in [3.8, 4) is 0 Å². The second kappa shape index (κ2) is 5.38. The minimum atomic E-state index is -5.47. The van der Waals surface area contributed by atoms with Crippen molar-refractivity contribution in [3.63, 3.8) is 0 Å². The van der Waals surface area contributed by atoms with Gasteiger partial charge in [-0.05, 0) is 0 Å². The van der Waals surface area contributed by atoms with Crippen LogP contribution in [0.5, 0.6) is 0 Å². The van der Waals surface area contributed by atoms with Crippen molar-refractivity contribution in [2.24, 2.45) is 0 Å². The second-order valence-electron chi connectivity index (χ2n) is 2.23. The van der Waals surface area contributed by atoms with E-state index in [-0.39, 0.29) is 0 Å². The van der Waals surface area contributed by atoms with Gasteiger partial charge in [-0.2, -0.15) is 0 Å². The molecule has 0 aromatic carbocycles. The van der Waals surface area contributed by atoms with Crippen molar-refractivity contribution < 1.29 is 7.31 Å². The van der Waals surface area contributed by atoms with Crippen molar-refractivity contribution in [2.45, 2.75) is 24.9 Å². The van der Waals surface area contributed by atoms with E-state index in [0.717, 1.165) is 0 Å². The van der Waals surface area contributed by atoms with Crippen LogP contribution in [0.3, 0.4) is 0 Å². The molecule has 0 spiro atoms. The van der Waals surface area contributed by atoms with Crippen molar-refractivity contribution >= 4 is 74.2 Å². The predicted octanol–water partition coefficient (Wildman–Crippen LogP) is 5.51. The fourth-order valence-electron chi connectivity index (χ4n) is 0.354. The Hall–Kier alpha value is 3.03. The van der Waals surface area contributed by atoms with E-state index < -0.39 is 7.31 Å². The minimum absolute atomic E-state index is 1.34. The van der Waals surface area contributed by atoms with Gasteiger partial charge in [-0.15, -0.1) is 0 Å². The van der Waals surface area contributed by atoms with E-state index in [2.05, 4.69) is 24.6 Å². The van der Waals surface area contributed by atoms with E-state index in [9.17, 15) is 0 Å². The Balaban J connectivity index is 0. The molecule has 0 aliphatic heterocycles. The third-order valence-electron chi connectivity index (χ3n) is 0.707. The molecule has 0 aromatic heterocycles. The van der Waals surface area contributed by atoms with Crippen LogP contribution in [-0.4, -0.2) is 17.7 Å². The van der Waals surface area contributed by atoms with Crippen molar-refractivity contribution in [2.75, 3.05) is 0 Å². The molecule has 0 aliphatic carbocycles. The quantitative estimate of drug-likeness (QED) is 0.477.